The first-order valence-electron chi connectivity index (χ1n) is 9.01. The summed E-state index contributed by atoms with van der Waals surface area (Å²) in [4.78, 5) is 23.0. The van der Waals surface area contributed by atoms with Crippen molar-refractivity contribution in [2.45, 2.75) is 17.9 Å². The second-order valence-electron chi connectivity index (χ2n) is 6.41. The predicted octanol–water partition coefficient (Wildman–Crippen LogP) is 3.85. The van der Waals surface area contributed by atoms with Crippen LogP contribution in [0.3, 0.4) is 0 Å². The zero-order chi connectivity index (χ0) is 19.3. The average molecular weight is 388 g/mol. The molecule has 0 saturated heterocycles. The molecule has 0 atom stereocenters. The number of pyridine rings is 1. The highest BCUT2D eigenvalue weighted by Gasteiger charge is 2.12. The Morgan fingerprint density at radius 1 is 1.00 bits per heavy atom. The molecule has 4 rings (SSSR count). The van der Waals surface area contributed by atoms with Gasteiger partial charge in [0.2, 0.25) is 0 Å². The maximum absolute atomic E-state index is 12.9. The molecule has 0 radical (unpaired) electrons. The van der Waals surface area contributed by atoms with Gasteiger partial charge in [-0.15, -0.1) is 11.8 Å². The van der Waals surface area contributed by atoms with E-state index in [1.807, 2.05) is 60.9 Å². The molecule has 4 aromatic rings. The second-order valence-corrected chi connectivity index (χ2v) is 7.26. The summed E-state index contributed by atoms with van der Waals surface area (Å²) >= 11 is 1.60. The second kappa shape index (κ2) is 8.27. The first-order valence-corrected chi connectivity index (χ1v) is 10.2. The quantitative estimate of drug-likeness (QED) is 0.509. The highest BCUT2D eigenvalue weighted by atomic mass is 32.2. The first-order chi connectivity index (χ1) is 13.7. The van der Waals surface area contributed by atoms with Crippen LogP contribution in [0.25, 0.3) is 11.0 Å². The van der Waals surface area contributed by atoms with Gasteiger partial charge >= 0.3 is 0 Å². The van der Waals surface area contributed by atoms with Crippen molar-refractivity contribution in [3.05, 3.63) is 100 Å². The fourth-order valence-electron chi connectivity index (χ4n) is 3.05. The Morgan fingerprint density at radius 3 is 2.36 bits per heavy atom. The van der Waals surface area contributed by atoms with Crippen molar-refractivity contribution in [2.24, 2.45) is 0 Å². The lowest BCUT2D eigenvalue weighted by Crippen LogP contribution is -2.29. The Kier molecular flexibility index (Phi) is 5.39. The molecule has 2 aromatic carbocycles. The number of benzene rings is 2. The highest BCUT2D eigenvalue weighted by Crippen LogP contribution is 2.24. The number of nitrogens with zero attached hydrogens (tertiary/aromatic N) is 3. The van der Waals surface area contributed by atoms with Gasteiger partial charge in [0.15, 0.2) is 5.65 Å². The van der Waals surface area contributed by atoms with E-state index in [-0.39, 0.29) is 5.56 Å². The van der Waals surface area contributed by atoms with E-state index in [0.717, 1.165) is 16.2 Å². The molecule has 140 valence electrons. The van der Waals surface area contributed by atoms with Gasteiger partial charge < -0.3 is 5.43 Å². The van der Waals surface area contributed by atoms with E-state index in [2.05, 4.69) is 27.5 Å². The molecule has 5 nitrogen and oxygen atoms in total. The maximum Gasteiger partial charge on any atom is 0.281 e. The lowest BCUT2D eigenvalue weighted by atomic mass is 10.1. The fraction of sp³-hybridized carbons (Fsp3) is 0.136. The Morgan fingerprint density at radius 2 is 1.68 bits per heavy atom. The number of rotatable bonds is 6. The van der Waals surface area contributed by atoms with Crippen LogP contribution in [-0.4, -0.2) is 20.9 Å². The molecule has 0 saturated carbocycles. The van der Waals surface area contributed by atoms with Gasteiger partial charge in [-0.3, -0.25) is 4.79 Å². The molecule has 2 heterocycles. The number of nitrogens with one attached hydrogen (secondary N) is 1. The minimum absolute atomic E-state index is 0.144. The van der Waals surface area contributed by atoms with E-state index in [1.165, 1.54) is 16.6 Å². The summed E-state index contributed by atoms with van der Waals surface area (Å²) in [5, 5.41) is 0.518. The van der Waals surface area contributed by atoms with E-state index in [0.29, 0.717) is 24.0 Å². The lowest BCUT2D eigenvalue weighted by Gasteiger charge is -2.12. The van der Waals surface area contributed by atoms with Crippen molar-refractivity contribution >= 4 is 22.8 Å². The summed E-state index contributed by atoms with van der Waals surface area (Å²) in [5.74, 6) is 0. The van der Waals surface area contributed by atoms with Crippen LogP contribution in [0.4, 0.5) is 0 Å². The van der Waals surface area contributed by atoms with Gasteiger partial charge in [0.05, 0.1) is 17.6 Å². The van der Waals surface area contributed by atoms with Gasteiger partial charge in [-0.05, 0) is 23.4 Å². The first kappa shape index (κ1) is 18.3. The molecular formula is C22H20N4OS. The Bertz CT molecular complexity index is 1140. The van der Waals surface area contributed by atoms with E-state index >= 15 is 0 Å². The summed E-state index contributed by atoms with van der Waals surface area (Å²) in [5.41, 5.74) is 6.67. The zero-order valence-corrected chi connectivity index (χ0v) is 16.3. The van der Waals surface area contributed by atoms with Crippen LogP contribution >= 0.6 is 11.8 Å². The standard InChI is InChI=1S/C22H20N4OS/c1-28-20-13-18-21(25-19(20)12-16-8-4-2-5-9-16)23-15-26(22(18)27)24-14-17-10-6-3-7-11-17/h2-11,13,15,24H,12,14H2,1H3. The number of thioether (sulfide) groups is 1. The number of hydrogen-bond acceptors (Lipinski definition) is 5. The van der Waals surface area contributed by atoms with Gasteiger partial charge in [0.1, 0.15) is 6.33 Å². The average Bonchev–Trinajstić information content (AvgIpc) is 2.74. The van der Waals surface area contributed by atoms with Gasteiger partial charge in [-0.2, -0.15) is 0 Å². The van der Waals surface area contributed by atoms with Crippen molar-refractivity contribution in [3.8, 4) is 0 Å². The van der Waals surface area contributed by atoms with E-state index in [1.54, 1.807) is 11.8 Å². The van der Waals surface area contributed by atoms with Crippen molar-refractivity contribution in [3.63, 3.8) is 0 Å². The van der Waals surface area contributed by atoms with E-state index in [4.69, 9.17) is 0 Å². The number of hydrogen-bond donors (Lipinski definition) is 1. The normalized spacial score (nSPS) is 10.9. The van der Waals surface area contributed by atoms with Crippen LogP contribution in [0.2, 0.25) is 0 Å². The fourth-order valence-corrected chi connectivity index (χ4v) is 3.64. The van der Waals surface area contributed by atoms with Crippen LogP contribution < -0.4 is 11.0 Å². The van der Waals surface area contributed by atoms with Crippen LogP contribution in [0.5, 0.6) is 0 Å². The van der Waals surface area contributed by atoms with Crippen molar-refractivity contribution in [1.82, 2.24) is 14.6 Å². The number of fused-ring (bicyclic) bond motifs is 1. The van der Waals surface area contributed by atoms with Gasteiger partial charge in [0, 0.05) is 11.3 Å². The van der Waals surface area contributed by atoms with Gasteiger partial charge in [-0.1, -0.05) is 60.7 Å². The van der Waals surface area contributed by atoms with E-state index in [9.17, 15) is 4.79 Å². The Labute approximate surface area is 167 Å². The monoisotopic (exact) mass is 388 g/mol. The highest BCUT2D eigenvalue weighted by molar-refractivity contribution is 7.98. The minimum atomic E-state index is -0.144. The lowest BCUT2D eigenvalue weighted by molar-refractivity contribution is 0.787. The zero-order valence-electron chi connectivity index (χ0n) is 15.5. The molecule has 0 aliphatic heterocycles. The molecule has 0 bridgehead atoms. The molecule has 0 aliphatic carbocycles. The molecular weight excluding hydrogens is 368 g/mol. The topological polar surface area (TPSA) is 59.8 Å². The van der Waals surface area contributed by atoms with Crippen LogP contribution in [0.1, 0.15) is 16.8 Å². The van der Waals surface area contributed by atoms with Crippen LogP contribution in [0.15, 0.2) is 82.7 Å². The third kappa shape index (κ3) is 3.92. The molecule has 1 N–H and O–H groups in total. The third-order valence-electron chi connectivity index (χ3n) is 4.52. The maximum atomic E-state index is 12.9. The molecule has 0 aliphatic rings. The molecule has 28 heavy (non-hydrogen) atoms. The SMILES string of the molecule is CSc1cc2c(=O)n(NCc3ccccc3)cnc2nc1Cc1ccccc1. The van der Waals surface area contributed by atoms with Crippen molar-refractivity contribution < 1.29 is 0 Å². The minimum Gasteiger partial charge on any atom is -0.317 e. The van der Waals surface area contributed by atoms with Gasteiger partial charge in [0.25, 0.3) is 5.56 Å². The largest absolute Gasteiger partial charge is 0.317 e. The van der Waals surface area contributed by atoms with Gasteiger partial charge in [-0.25, -0.2) is 14.6 Å². The van der Waals surface area contributed by atoms with Crippen LogP contribution in [-0.2, 0) is 13.0 Å². The van der Waals surface area contributed by atoms with Crippen LogP contribution in [0, 0.1) is 0 Å². The molecule has 6 heteroatoms. The third-order valence-corrected chi connectivity index (χ3v) is 5.31. The summed E-state index contributed by atoms with van der Waals surface area (Å²) in [6, 6.07) is 22.0. The molecule has 0 unspecified atom stereocenters. The smallest absolute Gasteiger partial charge is 0.281 e. The Balaban J connectivity index is 1.66. The predicted molar refractivity (Wildman–Crippen MR) is 114 cm³/mol. The molecule has 0 fully saturated rings. The van der Waals surface area contributed by atoms with Crippen molar-refractivity contribution in [2.75, 3.05) is 11.7 Å². The molecule has 0 spiro atoms. The van der Waals surface area contributed by atoms with Crippen molar-refractivity contribution in [1.29, 1.82) is 0 Å². The summed E-state index contributed by atoms with van der Waals surface area (Å²) in [7, 11) is 0. The summed E-state index contributed by atoms with van der Waals surface area (Å²) in [6.07, 6.45) is 4.22. The molecule has 2 aromatic heterocycles. The Hall–Kier alpha value is -3.12. The summed E-state index contributed by atoms with van der Waals surface area (Å²) < 4.78 is 1.43. The number of aromatic nitrogens is 3. The van der Waals surface area contributed by atoms with E-state index < -0.39 is 0 Å². The molecule has 0 amide bonds. The summed E-state index contributed by atoms with van der Waals surface area (Å²) in [6.45, 7) is 0.544.